The van der Waals surface area contributed by atoms with E-state index in [1.165, 1.54) is 5.56 Å². The largest absolute Gasteiger partial charge is 0.336 e. The molecule has 0 radical (unpaired) electrons. The van der Waals surface area contributed by atoms with Crippen LogP contribution in [0.25, 0.3) is 0 Å². The van der Waals surface area contributed by atoms with E-state index in [9.17, 15) is 4.79 Å². The van der Waals surface area contributed by atoms with E-state index in [0.717, 1.165) is 23.8 Å². The quantitative estimate of drug-likeness (QED) is 0.808. The average Bonchev–Trinajstić information content (AvgIpc) is 2.92. The van der Waals surface area contributed by atoms with Crippen molar-refractivity contribution in [2.24, 2.45) is 7.05 Å². The van der Waals surface area contributed by atoms with Crippen molar-refractivity contribution in [2.75, 3.05) is 12.8 Å². The van der Waals surface area contributed by atoms with Gasteiger partial charge in [0.25, 0.3) is 0 Å². The van der Waals surface area contributed by atoms with Crippen LogP contribution in [-0.4, -0.2) is 33.2 Å². The Kier molecular flexibility index (Phi) is 4.48. The zero-order valence-electron chi connectivity index (χ0n) is 14.0. The van der Waals surface area contributed by atoms with Gasteiger partial charge in [-0.2, -0.15) is 0 Å². The molecule has 2 heterocycles. The van der Waals surface area contributed by atoms with Crippen LogP contribution in [0.4, 0.5) is 0 Å². The fourth-order valence-corrected chi connectivity index (χ4v) is 3.86. The van der Waals surface area contributed by atoms with Crippen LogP contribution < -0.4 is 0 Å². The van der Waals surface area contributed by atoms with E-state index >= 15 is 0 Å². The molecule has 0 N–H and O–H groups in total. The number of thioether (sulfide) groups is 1. The highest BCUT2D eigenvalue weighted by atomic mass is 32.2. The summed E-state index contributed by atoms with van der Waals surface area (Å²) in [7, 11) is 2.01. The molecule has 1 aliphatic heterocycles. The molecule has 1 aliphatic rings. The Morgan fingerprint density at radius 3 is 2.70 bits per heavy atom. The van der Waals surface area contributed by atoms with Gasteiger partial charge in [-0.15, -0.1) is 0 Å². The second kappa shape index (κ2) is 6.40. The molecular formula is C18H23N3OS. The summed E-state index contributed by atoms with van der Waals surface area (Å²) >= 11 is 1.62. The minimum atomic E-state index is 0.0239. The maximum absolute atomic E-state index is 12.4. The van der Waals surface area contributed by atoms with Crippen LogP contribution in [0.3, 0.4) is 0 Å². The predicted octanol–water partition coefficient (Wildman–Crippen LogP) is 3.22. The number of carbonyl (C=O) groups excluding carboxylic acids is 1. The molecule has 3 rings (SSSR count). The molecule has 122 valence electrons. The predicted molar refractivity (Wildman–Crippen MR) is 93.4 cm³/mol. The first kappa shape index (κ1) is 16.1. The van der Waals surface area contributed by atoms with E-state index in [0.29, 0.717) is 13.0 Å². The van der Waals surface area contributed by atoms with Crippen LogP contribution in [0.1, 0.15) is 31.0 Å². The molecule has 4 nitrogen and oxygen atoms in total. The third kappa shape index (κ3) is 3.15. The third-order valence-electron chi connectivity index (χ3n) is 4.83. The number of nitrogens with zero attached hydrogens (tertiary/aromatic N) is 3. The minimum absolute atomic E-state index is 0.0239. The number of rotatable bonds is 4. The van der Waals surface area contributed by atoms with Crippen molar-refractivity contribution in [1.29, 1.82) is 0 Å². The number of amides is 1. The van der Waals surface area contributed by atoms with Gasteiger partial charge in [0, 0.05) is 25.4 Å². The summed E-state index contributed by atoms with van der Waals surface area (Å²) in [6.07, 6.45) is 5.42. The fourth-order valence-electron chi connectivity index (χ4n) is 3.31. The normalized spacial score (nSPS) is 21.7. The summed E-state index contributed by atoms with van der Waals surface area (Å²) in [5.74, 6) is 0.241. The smallest absolute Gasteiger partial charge is 0.222 e. The molecule has 0 saturated carbocycles. The van der Waals surface area contributed by atoms with E-state index in [1.54, 1.807) is 11.8 Å². The standard InChI is InChI=1S/C18H23N3OS/c1-18(14-7-5-4-6-8-14)10-9-16(22)21(13-18)12-15-11-19-17(23-3)20(15)2/h4-8,11H,9-10,12-13H2,1-3H3/t18-/m1/s1. The van der Waals surface area contributed by atoms with Crippen molar-refractivity contribution in [1.82, 2.24) is 14.5 Å². The lowest BCUT2D eigenvalue weighted by Gasteiger charge is -2.40. The van der Waals surface area contributed by atoms with Gasteiger partial charge in [0.2, 0.25) is 5.91 Å². The van der Waals surface area contributed by atoms with Crippen molar-refractivity contribution < 1.29 is 4.79 Å². The lowest BCUT2D eigenvalue weighted by molar-refractivity contribution is -0.136. The Bertz CT molecular complexity index is 698. The second-order valence-corrected chi connectivity index (χ2v) is 7.25. The SMILES string of the molecule is CSc1ncc(CN2C[C@](C)(c3ccccc3)CCC2=O)n1C. The topological polar surface area (TPSA) is 38.1 Å². The zero-order chi connectivity index (χ0) is 16.4. The van der Waals surface area contributed by atoms with Gasteiger partial charge in [0.05, 0.1) is 18.4 Å². The van der Waals surface area contributed by atoms with Crippen molar-refractivity contribution in [3.8, 4) is 0 Å². The highest BCUT2D eigenvalue weighted by molar-refractivity contribution is 7.98. The molecule has 1 atom stereocenters. The number of hydrogen-bond donors (Lipinski definition) is 0. The summed E-state index contributed by atoms with van der Waals surface area (Å²) in [5, 5.41) is 0.982. The van der Waals surface area contributed by atoms with Gasteiger partial charge in [-0.05, 0) is 18.2 Å². The zero-order valence-corrected chi connectivity index (χ0v) is 14.8. The lowest BCUT2D eigenvalue weighted by Crippen LogP contribution is -2.47. The van der Waals surface area contributed by atoms with Crippen molar-refractivity contribution in [2.45, 2.75) is 36.9 Å². The summed E-state index contributed by atoms with van der Waals surface area (Å²) in [6.45, 7) is 3.65. The second-order valence-electron chi connectivity index (χ2n) is 6.47. The van der Waals surface area contributed by atoms with E-state index < -0.39 is 0 Å². The molecule has 5 heteroatoms. The highest BCUT2D eigenvalue weighted by Gasteiger charge is 2.36. The van der Waals surface area contributed by atoms with Gasteiger partial charge in [-0.3, -0.25) is 4.79 Å². The number of hydrogen-bond acceptors (Lipinski definition) is 3. The number of benzene rings is 1. The van der Waals surface area contributed by atoms with Crippen LogP contribution in [0, 0.1) is 0 Å². The first-order valence-electron chi connectivity index (χ1n) is 7.91. The molecule has 0 bridgehead atoms. The molecule has 0 spiro atoms. The van der Waals surface area contributed by atoms with Gasteiger partial charge >= 0.3 is 0 Å². The molecule has 2 aromatic rings. The number of aromatic nitrogens is 2. The summed E-state index contributed by atoms with van der Waals surface area (Å²) in [6, 6.07) is 10.5. The number of likely N-dealkylation sites (tertiary alicyclic amines) is 1. The van der Waals surface area contributed by atoms with Crippen LogP contribution >= 0.6 is 11.8 Å². The van der Waals surface area contributed by atoms with Crippen LogP contribution in [0.2, 0.25) is 0 Å². The summed E-state index contributed by atoms with van der Waals surface area (Å²) in [5.41, 5.74) is 2.42. The Morgan fingerprint density at radius 2 is 2.04 bits per heavy atom. The number of imidazole rings is 1. The summed E-state index contributed by atoms with van der Waals surface area (Å²) in [4.78, 5) is 18.8. The molecular weight excluding hydrogens is 306 g/mol. The maximum atomic E-state index is 12.4. The van der Waals surface area contributed by atoms with E-state index in [-0.39, 0.29) is 11.3 Å². The molecule has 1 amide bonds. The maximum Gasteiger partial charge on any atom is 0.222 e. The Morgan fingerprint density at radius 1 is 1.30 bits per heavy atom. The van der Waals surface area contributed by atoms with E-state index in [2.05, 4.69) is 40.7 Å². The van der Waals surface area contributed by atoms with E-state index in [4.69, 9.17) is 0 Å². The highest BCUT2D eigenvalue weighted by Crippen LogP contribution is 2.34. The number of piperidine rings is 1. The first-order valence-corrected chi connectivity index (χ1v) is 9.14. The van der Waals surface area contributed by atoms with Crippen LogP contribution in [0.5, 0.6) is 0 Å². The first-order chi connectivity index (χ1) is 11.0. The van der Waals surface area contributed by atoms with Gasteiger partial charge < -0.3 is 9.47 Å². The Labute approximate surface area is 141 Å². The molecule has 1 aromatic heterocycles. The van der Waals surface area contributed by atoms with Crippen LogP contribution in [0.15, 0.2) is 41.7 Å². The molecule has 1 fully saturated rings. The Balaban J connectivity index is 1.81. The van der Waals surface area contributed by atoms with Gasteiger partial charge in [-0.25, -0.2) is 4.98 Å². The Hall–Kier alpha value is -1.75. The molecule has 0 aliphatic carbocycles. The van der Waals surface area contributed by atoms with Crippen molar-refractivity contribution in [3.05, 3.63) is 47.8 Å². The summed E-state index contributed by atoms with van der Waals surface area (Å²) < 4.78 is 2.08. The average molecular weight is 329 g/mol. The molecule has 23 heavy (non-hydrogen) atoms. The third-order valence-corrected chi connectivity index (χ3v) is 5.58. The lowest BCUT2D eigenvalue weighted by atomic mass is 9.75. The van der Waals surface area contributed by atoms with E-state index in [1.807, 2.05) is 30.5 Å². The van der Waals surface area contributed by atoms with Crippen LogP contribution in [-0.2, 0) is 23.8 Å². The number of carbonyl (C=O) groups is 1. The fraction of sp³-hybridized carbons (Fsp3) is 0.444. The van der Waals surface area contributed by atoms with Crippen molar-refractivity contribution in [3.63, 3.8) is 0 Å². The van der Waals surface area contributed by atoms with Gasteiger partial charge in [0.1, 0.15) is 0 Å². The van der Waals surface area contributed by atoms with Gasteiger partial charge in [-0.1, -0.05) is 49.0 Å². The monoisotopic (exact) mass is 329 g/mol. The minimum Gasteiger partial charge on any atom is -0.336 e. The molecule has 1 saturated heterocycles. The van der Waals surface area contributed by atoms with Gasteiger partial charge in [0.15, 0.2) is 5.16 Å². The van der Waals surface area contributed by atoms with Crippen molar-refractivity contribution >= 4 is 17.7 Å². The molecule has 0 unspecified atom stereocenters. The molecule has 1 aromatic carbocycles.